The van der Waals surface area contributed by atoms with E-state index in [1.54, 1.807) is 6.08 Å². The smallest absolute Gasteiger partial charge is 0.137 e. The van der Waals surface area contributed by atoms with Gasteiger partial charge in [-0.05, 0) is 15.9 Å². The van der Waals surface area contributed by atoms with Crippen LogP contribution in [0.5, 0.6) is 0 Å². The van der Waals surface area contributed by atoms with Crippen molar-refractivity contribution in [2.45, 2.75) is 26.2 Å². The number of nitrogens with one attached hydrogen (secondary N) is 1. The van der Waals surface area contributed by atoms with Crippen LogP contribution in [0.1, 0.15) is 26.6 Å². The second-order valence-corrected chi connectivity index (χ2v) is 5.13. The first-order valence-corrected chi connectivity index (χ1v) is 5.62. The molecule has 0 spiro atoms. The molecule has 0 fully saturated rings. The molecule has 1 heterocycles. The standard InChI is InChI=1S/C11H16BrN3/c1-5-6-13-9-7-8(12)14-10(15-9)11(2,3)4/h5,7H,1,6H2,2-4H3,(H,13,14,15). The van der Waals surface area contributed by atoms with Gasteiger partial charge in [0.25, 0.3) is 0 Å². The van der Waals surface area contributed by atoms with Gasteiger partial charge in [-0.25, -0.2) is 9.97 Å². The molecule has 82 valence electrons. The van der Waals surface area contributed by atoms with Crippen LogP contribution in [0.25, 0.3) is 0 Å². The Bertz CT molecular complexity index is 355. The van der Waals surface area contributed by atoms with Crippen molar-refractivity contribution < 1.29 is 0 Å². The van der Waals surface area contributed by atoms with Crippen molar-refractivity contribution in [3.63, 3.8) is 0 Å². The van der Waals surface area contributed by atoms with E-state index < -0.39 is 0 Å². The quantitative estimate of drug-likeness (QED) is 0.677. The van der Waals surface area contributed by atoms with Gasteiger partial charge >= 0.3 is 0 Å². The number of hydrogen-bond acceptors (Lipinski definition) is 3. The van der Waals surface area contributed by atoms with E-state index in [4.69, 9.17) is 0 Å². The lowest BCUT2D eigenvalue weighted by Gasteiger charge is -2.17. The molecule has 0 aromatic carbocycles. The maximum absolute atomic E-state index is 4.44. The SMILES string of the molecule is C=CCNc1cc(Br)nc(C(C)(C)C)n1. The minimum atomic E-state index is -0.0472. The van der Waals surface area contributed by atoms with Gasteiger partial charge in [0.05, 0.1) is 0 Å². The average Bonchev–Trinajstić information content (AvgIpc) is 2.12. The van der Waals surface area contributed by atoms with Gasteiger partial charge in [0, 0.05) is 18.0 Å². The molecule has 4 heteroatoms. The van der Waals surface area contributed by atoms with Gasteiger partial charge in [0.15, 0.2) is 0 Å². The van der Waals surface area contributed by atoms with E-state index in [9.17, 15) is 0 Å². The van der Waals surface area contributed by atoms with Crippen molar-refractivity contribution in [2.75, 3.05) is 11.9 Å². The molecule has 0 aliphatic heterocycles. The fraction of sp³-hybridized carbons (Fsp3) is 0.455. The Labute approximate surface area is 99.2 Å². The maximum Gasteiger partial charge on any atom is 0.137 e. The molecule has 0 atom stereocenters. The first-order chi connectivity index (χ1) is 6.93. The second kappa shape index (κ2) is 4.75. The molecule has 1 N–H and O–H groups in total. The molecule has 0 saturated carbocycles. The van der Waals surface area contributed by atoms with Gasteiger partial charge in [-0.1, -0.05) is 26.8 Å². The highest BCUT2D eigenvalue weighted by Gasteiger charge is 2.18. The molecule has 0 saturated heterocycles. The van der Waals surface area contributed by atoms with Crippen LogP contribution >= 0.6 is 15.9 Å². The summed E-state index contributed by atoms with van der Waals surface area (Å²) in [6, 6.07) is 1.86. The fourth-order valence-corrected chi connectivity index (χ4v) is 1.41. The van der Waals surface area contributed by atoms with E-state index >= 15 is 0 Å². The Morgan fingerprint density at radius 1 is 1.47 bits per heavy atom. The summed E-state index contributed by atoms with van der Waals surface area (Å²) in [7, 11) is 0. The highest BCUT2D eigenvalue weighted by Crippen LogP contribution is 2.22. The molecule has 15 heavy (non-hydrogen) atoms. The molecule has 0 radical (unpaired) electrons. The predicted molar refractivity (Wildman–Crippen MR) is 67.1 cm³/mol. The first kappa shape index (κ1) is 12.2. The zero-order chi connectivity index (χ0) is 11.5. The molecular formula is C11H16BrN3. The summed E-state index contributed by atoms with van der Waals surface area (Å²) in [6.07, 6.45) is 1.80. The Balaban J connectivity index is 3.00. The molecule has 0 aliphatic carbocycles. The number of hydrogen-bond donors (Lipinski definition) is 1. The van der Waals surface area contributed by atoms with E-state index in [1.807, 2.05) is 6.07 Å². The van der Waals surface area contributed by atoms with Crippen molar-refractivity contribution in [1.82, 2.24) is 9.97 Å². The van der Waals surface area contributed by atoms with Gasteiger partial charge in [-0.15, -0.1) is 6.58 Å². The third-order valence-electron chi connectivity index (χ3n) is 1.79. The van der Waals surface area contributed by atoms with Crippen LogP contribution in [-0.2, 0) is 5.41 Å². The summed E-state index contributed by atoms with van der Waals surface area (Å²) in [5, 5.41) is 3.15. The van der Waals surface area contributed by atoms with Gasteiger partial charge in [-0.2, -0.15) is 0 Å². The Kier molecular flexibility index (Phi) is 3.85. The van der Waals surface area contributed by atoms with Crippen LogP contribution in [0.15, 0.2) is 23.3 Å². The van der Waals surface area contributed by atoms with Crippen molar-refractivity contribution in [2.24, 2.45) is 0 Å². The van der Waals surface area contributed by atoms with E-state index in [1.165, 1.54) is 0 Å². The van der Waals surface area contributed by atoms with Crippen molar-refractivity contribution in [1.29, 1.82) is 0 Å². The Morgan fingerprint density at radius 3 is 2.67 bits per heavy atom. The van der Waals surface area contributed by atoms with Gasteiger partial charge < -0.3 is 5.32 Å². The normalized spacial score (nSPS) is 11.2. The number of nitrogens with zero attached hydrogens (tertiary/aromatic N) is 2. The molecule has 1 aromatic heterocycles. The second-order valence-electron chi connectivity index (χ2n) is 4.32. The van der Waals surface area contributed by atoms with Crippen LogP contribution in [0.3, 0.4) is 0 Å². The highest BCUT2D eigenvalue weighted by atomic mass is 79.9. The molecule has 0 amide bonds. The van der Waals surface area contributed by atoms with Crippen LogP contribution in [0.2, 0.25) is 0 Å². The fourth-order valence-electron chi connectivity index (χ4n) is 1.02. The van der Waals surface area contributed by atoms with Crippen molar-refractivity contribution in [3.8, 4) is 0 Å². The monoisotopic (exact) mass is 269 g/mol. The van der Waals surface area contributed by atoms with E-state index in [-0.39, 0.29) is 5.41 Å². The van der Waals surface area contributed by atoms with Gasteiger partial charge in [0.2, 0.25) is 0 Å². The van der Waals surface area contributed by atoms with Crippen LogP contribution in [0.4, 0.5) is 5.82 Å². The molecule has 3 nitrogen and oxygen atoms in total. The minimum Gasteiger partial charge on any atom is -0.366 e. The van der Waals surface area contributed by atoms with E-state index in [2.05, 4.69) is 58.6 Å². The van der Waals surface area contributed by atoms with Crippen molar-refractivity contribution in [3.05, 3.63) is 29.1 Å². The molecule has 1 aromatic rings. The molecule has 0 aliphatic rings. The summed E-state index contributed by atoms with van der Waals surface area (Å²) >= 11 is 3.38. The van der Waals surface area contributed by atoms with Crippen LogP contribution in [-0.4, -0.2) is 16.5 Å². The topological polar surface area (TPSA) is 37.8 Å². The van der Waals surface area contributed by atoms with E-state index in [0.29, 0.717) is 6.54 Å². The number of aromatic nitrogens is 2. The summed E-state index contributed by atoms with van der Waals surface area (Å²) in [5.74, 6) is 1.64. The van der Waals surface area contributed by atoms with E-state index in [0.717, 1.165) is 16.2 Å². The first-order valence-electron chi connectivity index (χ1n) is 4.83. The van der Waals surface area contributed by atoms with Crippen LogP contribution < -0.4 is 5.32 Å². The molecule has 0 unspecified atom stereocenters. The predicted octanol–water partition coefficient (Wildman–Crippen LogP) is 3.13. The van der Waals surface area contributed by atoms with Crippen molar-refractivity contribution >= 4 is 21.7 Å². The van der Waals surface area contributed by atoms with Crippen LogP contribution in [0, 0.1) is 0 Å². The summed E-state index contributed by atoms with van der Waals surface area (Å²) in [5.41, 5.74) is -0.0472. The zero-order valence-corrected chi connectivity index (χ0v) is 10.9. The summed E-state index contributed by atoms with van der Waals surface area (Å²) in [4.78, 5) is 8.80. The highest BCUT2D eigenvalue weighted by molar-refractivity contribution is 9.10. The molecular weight excluding hydrogens is 254 g/mol. The third-order valence-corrected chi connectivity index (χ3v) is 2.20. The molecule has 1 rings (SSSR count). The zero-order valence-electron chi connectivity index (χ0n) is 9.34. The Morgan fingerprint density at radius 2 is 2.13 bits per heavy atom. The maximum atomic E-state index is 4.44. The Hall–Kier alpha value is -0.900. The minimum absolute atomic E-state index is 0.0472. The van der Waals surface area contributed by atoms with Gasteiger partial charge in [-0.3, -0.25) is 0 Å². The summed E-state index contributed by atoms with van der Waals surface area (Å²) < 4.78 is 0.800. The number of halogens is 1. The number of rotatable bonds is 3. The van der Waals surface area contributed by atoms with Gasteiger partial charge in [0.1, 0.15) is 16.2 Å². The lowest BCUT2D eigenvalue weighted by atomic mass is 9.96. The largest absolute Gasteiger partial charge is 0.366 e. The third kappa shape index (κ3) is 3.63. The lowest BCUT2D eigenvalue weighted by molar-refractivity contribution is 0.544. The average molecular weight is 270 g/mol. The lowest BCUT2D eigenvalue weighted by Crippen LogP contribution is -2.17. The summed E-state index contributed by atoms with van der Waals surface area (Å²) in [6.45, 7) is 10.6. The number of anilines is 1. The molecule has 0 bridgehead atoms.